The fourth-order valence-corrected chi connectivity index (χ4v) is 3.75. The lowest BCUT2D eigenvalue weighted by Gasteiger charge is -2.01. The molecule has 0 aliphatic heterocycles. The van der Waals surface area contributed by atoms with E-state index in [4.69, 9.17) is 4.74 Å². The third kappa shape index (κ3) is 1.54. The minimum absolute atomic E-state index is 0.290. The Morgan fingerprint density at radius 2 is 2.29 bits per heavy atom. The first-order valence-corrected chi connectivity index (χ1v) is 6.76. The van der Waals surface area contributed by atoms with Crippen LogP contribution >= 0.6 is 22.7 Å². The maximum atomic E-state index is 11.7. The van der Waals surface area contributed by atoms with E-state index in [9.17, 15) is 4.79 Å². The number of aryl methyl sites for hydroxylation is 1. The summed E-state index contributed by atoms with van der Waals surface area (Å²) in [6, 6.07) is 3.82. The lowest BCUT2D eigenvalue weighted by molar-refractivity contribution is 0.0603. The number of aromatic nitrogens is 1. The zero-order valence-electron chi connectivity index (χ0n) is 9.31. The van der Waals surface area contributed by atoms with Crippen LogP contribution in [0.3, 0.4) is 0 Å². The Hall–Kier alpha value is -1.46. The van der Waals surface area contributed by atoms with Crippen LogP contribution in [0, 0.1) is 6.92 Å². The lowest BCUT2D eigenvalue weighted by atomic mass is 10.1. The molecule has 0 N–H and O–H groups in total. The molecule has 0 amide bonds. The van der Waals surface area contributed by atoms with Crippen molar-refractivity contribution in [3.05, 3.63) is 28.1 Å². The second kappa shape index (κ2) is 3.78. The number of hydrogen-bond acceptors (Lipinski definition) is 5. The first-order valence-electron chi connectivity index (χ1n) is 5.06. The van der Waals surface area contributed by atoms with Gasteiger partial charge in [0, 0.05) is 5.39 Å². The van der Waals surface area contributed by atoms with Crippen LogP contribution in [0.4, 0.5) is 0 Å². The van der Waals surface area contributed by atoms with Crippen molar-refractivity contribution in [1.82, 2.24) is 4.98 Å². The number of carbonyl (C=O) groups excluding carboxylic acids is 1. The number of thiophene rings is 1. The van der Waals surface area contributed by atoms with Gasteiger partial charge in [0.05, 0.1) is 32.6 Å². The van der Waals surface area contributed by atoms with E-state index in [1.807, 2.05) is 24.4 Å². The van der Waals surface area contributed by atoms with Crippen molar-refractivity contribution in [3.8, 4) is 0 Å². The molecule has 3 nitrogen and oxygen atoms in total. The Labute approximate surface area is 106 Å². The zero-order valence-corrected chi connectivity index (χ0v) is 10.9. The largest absolute Gasteiger partial charge is 0.465 e. The molecule has 0 spiro atoms. The maximum absolute atomic E-state index is 11.7. The van der Waals surface area contributed by atoms with Gasteiger partial charge in [-0.05, 0) is 24.4 Å². The van der Waals surface area contributed by atoms with Gasteiger partial charge in [-0.25, -0.2) is 9.78 Å². The number of esters is 1. The molecule has 3 aromatic rings. The molecule has 0 unspecified atom stereocenters. The van der Waals surface area contributed by atoms with E-state index in [2.05, 4.69) is 4.98 Å². The third-order valence-corrected chi connectivity index (χ3v) is 4.45. The number of ether oxygens (including phenoxy) is 1. The Morgan fingerprint density at radius 3 is 3.06 bits per heavy atom. The van der Waals surface area contributed by atoms with Crippen LogP contribution in [-0.2, 0) is 4.74 Å². The standard InChI is InChI=1S/C12H9NO2S2/c1-6-13-10-9(17-6)5-8(12(14)15-2)7-3-4-16-11(7)10/h3-5H,1-2H3. The molecule has 1 aromatic carbocycles. The highest BCUT2D eigenvalue weighted by atomic mass is 32.1. The highest BCUT2D eigenvalue weighted by molar-refractivity contribution is 7.21. The molecule has 0 bridgehead atoms. The number of benzene rings is 1. The molecule has 0 atom stereocenters. The summed E-state index contributed by atoms with van der Waals surface area (Å²) in [6.45, 7) is 1.97. The molecule has 0 saturated carbocycles. The quantitative estimate of drug-likeness (QED) is 0.630. The average molecular weight is 263 g/mol. The molecule has 3 rings (SSSR count). The number of nitrogens with zero attached hydrogens (tertiary/aromatic N) is 1. The number of fused-ring (bicyclic) bond motifs is 3. The van der Waals surface area contributed by atoms with Crippen molar-refractivity contribution >= 4 is 48.9 Å². The third-order valence-electron chi connectivity index (χ3n) is 2.61. The van der Waals surface area contributed by atoms with Crippen LogP contribution in [0.5, 0.6) is 0 Å². The monoisotopic (exact) mass is 263 g/mol. The highest BCUT2D eigenvalue weighted by Crippen LogP contribution is 2.35. The predicted octanol–water partition coefficient (Wildman–Crippen LogP) is 3.61. The summed E-state index contributed by atoms with van der Waals surface area (Å²) in [5, 5.41) is 3.92. The van der Waals surface area contributed by atoms with Gasteiger partial charge in [-0.15, -0.1) is 22.7 Å². The van der Waals surface area contributed by atoms with Crippen molar-refractivity contribution in [2.75, 3.05) is 7.11 Å². The Bertz CT molecular complexity index is 727. The Balaban J connectivity index is 2.47. The summed E-state index contributed by atoms with van der Waals surface area (Å²) in [5.74, 6) is -0.290. The van der Waals surface area contributed by atoms with Crippen LogP contribution in [0.2, 0.25) is 0 Å². The summed E-state index contributed by atoms with van der Waals surface area (Å²) in [5.41, 5.74) is 1.62. The van der Waals surface area contributed by atoms with E-state index in [0.717, 1.165) is 25.3 Å². The van der Waals surface area contributed by atoms with E-state index >= 15 is 0 Å². The molecule has 86 valence electrons. The normalized spacial score (nSPS) is 11.2. The molecular weight excluding hydrogens is 254 g/mol. The molecule has 5 heteroatoms. The number of rotatable bonds is 1. The van der Waals surface area contributed by atoms with Crippen LogP contribution in [0.15, 0.2) is 17.5 Å². The predicted molar refractivity (Wildman–Crippen MR) is 71.1 cm³/mol. The Kier molecular flexibility index (Phi) is 2.38. The zero-order chi connectivity index (χ0) is 12.0. The van der Waals surface area contributed by atoms with Gasteiger partial charge < -0.3 is 4.74 Å². The molecule has 0 aliphatic rings. The molecule has 0 fully saturated rings. The fraction of sp³-hybridized carbons (Fsp3) is 0.167. The van der Waals surface area contributed by atoms with Gasteiger partial charge in [0.1, 0.15) is 0 Å². The van der Waals surface area contributed by atoms with Crippen molar-refractivity contribution < 1.29 is 9.53 Å². The van der Waals surface area contributed by atoms with Crippen LogP contribution in [0.1, 0.15) is 15.4 Å². The summed E-state index contributed by atoms with van der Waals surface area (Å²) in [6.07, 6.45) is 0. The molecule has 0 saturated heterocycles. The second-order valence-electron chi connectivity index (χ2n) is 3.66. The van der Waals surface area contributed by atoms with E-state index in [-0.39, 0.29) is 5.97 Å². The summed E-state index contributed by atoms with van der Waals surface area (Å²) < 4.78 is 6.92. The van der Waals surface area contributed by atoms with Gasteiger partial charge in [0.15, 0.2) is 0 Å². The smallest absolute Gasteiger partial charge is 0.338 e. The minimum atomic E-state index is -0.290. The average Bonchev–Trinajstić information content (AvgIpc) is 2.91. The van der Waals surface area contributed by atoms with E-state index in [1.54, 1.807) is 22.7 Å². The van der Waals surface area contributed by atoms with Crippen LogP contribution in [-0.4, -0.2) is 18.1 Å². The van der Waals surface area contributed by atoms with Gasteiger partial charge in [-0.3, -0.25) is 0 Å². The summed E-state index contributed by atoms with van der Waals surface area (Å²) in [4.78, 5) is 16.3. The van der Waals surface area contributed by atoms with Crippen LogP contribution in [0.25, 0.3) is 20.3 Å². The molecule has 0 radical (unpaired) electrons. The molecule has 2 aromatic heterocycles. The van der Waals surface area contributed by atoms with E-state index in [1.165, 1.54) is 7.11 Å². The summed E-state index contributed by atoms with van der Waals surface area (Å²) >= 11 is 3.21. The van der Waals surface area contributed by atoms with Gasteiger partial charge in [-0.1, -0.05) is 0 Å². The highest BCUT2D eigenvalue weighted by Gasteiger charge is 2.16. The SMILES string of the molecule is COC(=O)c1cc2sc(C)nc2c2sccc12. The lowest BCUT2D eigenvalue weighted by Crippen LogP contribution is -2.01. The summed E-state index contributed by atoms with van der Waals surface area (Å²) in [7, 11) is 1.41. The van der Waals surface area contributed by atoms with Gasteiger partial charge in [0.2, 0.25) is 0 Å². The maximum Gasteiger partial charge on any atom is 0.338 e. The number of thiazole rings is 1. The number of carbonyl (C=O) groups is 1. The van der Waals surface area contributed by atoms with Crippen molar-refractivity contribution in [2.24, 2.45) is 0 Å². The molecular formula is C12H9NO2S2. The first kappa shape index (κ1) is 10.7. The van der Waals surface area contributed by atoms with Gasteiger partial charge >= 0.3 is 5.97 Å². The van der Waals surface area contributed by atoms with Gasteiger partial charge in [-0.2, -0.15) is 0 Å². The molecule has 2 heterocycles. The topological polar surface area (TPSA) is 39.2 Å². The number of hydrogen-bond donors (Lipinski definition) is 0. The minimum Gasteiger partial charge on any atom is -0.465 e. The molecule has 17 heavy (non-hydrogen) atoms. The van der Waals surface area contributed by atoms with Crippen molar-refractivity contribution in [3.63, 3.8) is 0 Å². The molecule has 0 aliphatic carbocycles. The van der Waals surface area contributed by atoms with Crippen molar-refractivity contribution in [2.45, 2.75) is 6.92 Å². The first-order chi connectivity index (χ1) is 8.20. The number of methoxy groups -OCH3 is 1. The second-order valence-corrected chi connectivity index (χ2v) is 5.81. The van der Waals surface area contributed by atoms with E-state index in [0.29, 0.717) is 5.56 Å². The fourth-order valence-electron chi connectivity index (χ4n) is 1.90. The Morgan fingerprint density at radius 1 is 1.47 bits per heavy atom. The van der Waals surface area contributed by atoms with Crippen molar-refractivity contribution in [1.29, 1.82) is 0 Å². The van der Waals surface area contributed by atoms with E-state index < -0.39 is 0 Å². The van der Waals surface area contributed by atoms with Crippen LogP contribution < -0.4 is 0 Å². The van der Waals surface area contributed by atoms with Gasteiger partial charge in [0.25, 0.3) is 0 Å².